The van der Waals surface area contributed by atoms with Crippen molar-refractivity contribution in [3.05, 3.63) is 28.7 Å². The molecular formula is C15H25N3O. The van der Waals surface area contributed by atoms with Crippen molar-refractivity contribution in [3.63, 3.8) is 0 Å². The molecule has 0 aromatic carbocycles. The van der Waals surface area contributed by atoms with E-state index < -0.39 is 0 Å². The number of rotatable bonds is 5. The van der Waals surface area contributed by atoms with Crippen LogP contribution in [0.5, 0.6) is 0 Å². The number of nitrogens with two attached hydrogens (primary N) is 1. The Morgan fingerprint density at radius 1 is 1.26 bits per heavy atom. The van der Waals surface area contributed by atoms with Crippen LogP contribution in [0.15, 0.2) is 23.1 Å². The number of nitrogens with zero attached hydrogens (tertiary/aromatic N) is 2. The molecule has 106 valence electrons. The van der Waals surface area contributed by atoms with Crippen LogP contribution in [-0.2, 0) is 6.54 Å². The van der Waals surface area contributed by atoms with Gasteiger partial charge in [0.25, 0.3) is 5.56 Å². The Hall–Kier alpha value is -1.29. The van der Waals surface area contributed by atoms with E-state index in [1.54, 1.807) is 22.9 Å². The second-order valence-corrected chi connectivity index (χ2v) is 5.57. The van der Waals surface area contributed by atoms with Gasteiger partial charge < -0.3 is 15.2 Å². The molecule has 0 aliphatic carbocycles. The summed E-state index contributed by atoms with van der Waals surface area (Å²) in [7, 11) is 0. The molecule has 1 saturated heterocycles. The first-order valence-corrected chi connectivity index (χ1v) is 7.37. The smallest absolute Gasteiger partial charge is 0.250 e. The van der Waals surface area contributed by atoms with Crippen LogP contribution in [0.3, 0.4) is 0 Å². The minimum atomic E-state index is 0.0371. The largest absolute Gasteiger partial charge is 0.398 e. The van der Waals surface area contributed by atoms with Crippen LogP contribution in [0.4, 0.5) is 5.69 Å². The maximum Gasteiger partial charge on any atom is 0.250 e. The van der Waals surface area contributed by atoms with Crippen molar-refractivity contribution >= 4 is 5.69 Å². The third kappa shape index (κ3) is 4.10. The van der Waals surface area contributed by atoms with Crippen molar-refractivity contribution in [1.29, 1.82) is 0 Å². The molecule has 1 fully saturated rings. The fourth-order valence-corrected chi connectivity index (χ4v) is 2.88. The van der Waals surface area contributed by atoms with Gasteiger partial charge in [0.05, 0.1) is 0 Å². The summed E-state index contributed by atoms with van der Waals surface area (Å²) in [4.78, 5) is 14.1. The molecular weight excluding hydrogens is 238 g/mol. The Bertz CT molecular complexity index is 447. The van der Waals surface area contributed by atoms with E-state index in [9.17, 15) is 4.79 Å². The van der Waals surface area contributed by atoms with Gasteiger partial charge in [0, 0.05) is 31.0 Å². The average molecular weight is 263 g/mol. The van der Waals surface area contributed by atoms with Gasteiger partial charge in [-0.1, -0.05) is 19.8 Å². The normalized spacial score (nSPS) is 17.7. The second kappa shape index (κ2) is 6.75. The number of pyridine rings is 1. The van der Waals surface area contributed by atoms with Gasteiger partial charge in [0.2, 0.25) is 0 Å². The molecule has 0 spiro atoms. The van der Waals surface area contributed by atoms with Crippen molar-refractivity contribution in [3.8, 4) is 0 Å². The molecule has 4 nitrogen and oxygen atoms in total. The minimum absolute atomic E-state index is 0.0371. The maximum atomic E-state index is 11.7. The van der Waals surface area contributed by atoms with Gasteiger partial charge >= 0.3 is 0 Å². The number of likely N-dealkylation sites (tertiary alicyclic amines) is 1. The van der Waals surface area contributed by atoms with Crippen LogP contribution in [0, 0.1) is 5.92 Å². The lowest BCUT2D eigenvalue weighted by Gasteiger charge is -2.31. The van der Waals surface area contributed by atoms with Crippen LogP contribution in [0.25, 0.3) is 0 Å². The van der Waals surface area contributed by atoms with Crippen LogP contribution < -0.4 is 11.3 Å². The van der Waals surface area contributed by atoms with Gasteiger partial charge in [0.1, 0.15) is 0 Å². The summed E-state index contributed by atoms with van der Waals surface area (Å²) in [6.07, 6.45) is 7.01. The predicted octanol–water partition coefficient (Wildman–Crippen LogP) is 1.94. The highest BCUT2D eigenvalue weighted by molar-refractivity contribution is 5.33. The molecule has 0 bridgehead atoms. The zero-order valence-corrected chi connectivity index (χ0v) is 11.8. The molecule has 0 radical (unpaired) electrons. The minimum Gasteiger partial charge on any atom is -0.398 e. The van der Waals surface area contributed by atoms with Crippen molar-refractivity contribution in [2.24, 2.45) is 5.92 Å². The van der Waals surface area contributed by atoms with E-state index in [0.29, 0.717) is 5.69 Å². The number of anilines is 1. The summed E-state index contributed by atoms with van der Waals surface area (Å²) >= 11 is 0. The maximum absolute atomic E-state index is 11.7. The number of aromatic nitrogens is 1. The zero-order chi connectivity index (χ0) is 13.7. The lowest BCUT2D eigenvalue weighted by atomic mass is 9.92. The van der Waals surface area contributed by atoms with Gasteiger partial charge in [-0.2, -0.15) is 0 Å². The Kier molecular flexibility index (Phi) is 5.02. The van der Waals surface area contributed by atoms with E-state index >= 15 is 0 Å². The standard InChI is InChI=1S/C15H25N3O/c1-2-3-13-6-8-17(9-7-13)10-11-18-12-14(16)4-5-15(18)19/h4-5,12-13H,2-3,6-11,16H2,1H3. The molecule has 0 unspecified atom stereocenters. The molecule has 19 heavy (non-hydrogen) atoms. The third-order valence-electron chi connectivity index (χ3n) is 4.07. The molecule has 0 atom stereocenters. The molecule has 0 saturated carbocycles. The quantitative estimate of drug-likeness (QED) is 0.883. The fourth-order valence-electron chi connectivity index (χ4n) is 2.88. The van der Waals surface area contributed by atoms with E-state index in [1.807, 2.05) is 0 Å². The van der Waals surface area contributed by atoms with E-state index in [4.69, 9.17) is 5.73 Å². The van der Waals surface area contributed by atoms with Crippen LogP contribution in [-0.4, -0.2) is 29.1 Å². The number of hydrogen-bond donors (Lipinski definition) is 1. The lowest BCUT2D eigenvalue weighted by Crippen LogP contribution is -2.37. The van der Waals surface area contributed by atoms with E-state index in [0.717, 1.165) is 19.0 Å². The van der Waals surface area contributed by atoms with Gasteiger partial charge in [-0.25, -0.2) is 0 Å². The van der Waals surface area contributed by atoms with Crippen molar-refractivity contribution < 1.29 is 0 Å². The zero-order valence-electron chi connectivity index (χ0n) is 11.8. The Labute approximate surface area is 115 Å². The third-order valence-corrected chi connectivity index (χ3v) is 4.07. The van der Waals surface area contributed by atoms with E-state index in [2.05, 4.69) is 11.8 Å². The van der Waals surface area contributed by atoms with Gasteiger partial charge in [-0.3, -0.25) is 4.79 Å². The highest BCUT2D eigenvalue weighted by Gasteiger charge is 2.17. The second-order valence-electron chi connectivity index (χ2n) is 5.57. The molecule has 1 aliphatic heterocycles. The summed E-state index contributed by atoms with van der Waals surface area (Å²) in [5.74, 6) is 0.913. The lowest BCUT2D eigenvalue weighted by molar-refractivity contribution is 0.173. The molecule has 1 aromatic heterocycles. The van der Waals surface area contributed by atoms with Gasteiger partial charge in [0.15, 0.2) is 0 Å². The van der Waals surface area contributed by atoms with E-state index in [-0.39, 0.29) is 5.56 Å². The van der Waals surface area contributed by atoms with Gasteiger partial charge in [-0.05, 0) is 37.9 Å². The first kappa shape index (κ1) is 14.1. The molecule has 2 heterocycles. The Balaban J connectivity index is 1.80. The molecule has 0 amide bonds. The fraction of sp³-hybridized carbons (Fsp3) is 0.667. The monoisotopic (exact) mass is 263 g/mol. The van der Waals surface area contributed by atoms with E-state index in [1.165, 1.54) is 38.8 Å². The predicted molar refractivity (Wildman–Crippen MR) is 79.2 cm³/mol. The topological polar surface area (TPSA) is 51.3 Å². The summed E-state index contributed by atoms with van der Waals surface area (Å²) in [5.41, 5.74) is 6.41. The first-order valence-electron chi connectivity index (χ1n) is 7.37. The molecule has 1 aliphatic rings. The first-order chi connectivity index (χ1) is 9.19. The Morgan fingerprint density at radius 2 is 2.00 bits per heavy atom. The SMILES string of the molecule is CCCC1CCN(CCn2cc(N)ccc2=O)CC1. The van der Waals surface area contributed by atoms with Crippen LogP contribution >= 0.6 is 0 Å². The number of piperidine rings is 1. The summed E-state index contributed by atoms with van der Waals surface area (Å²) in [5, 5.41) is 0. The molecule has 2 rings (SSSR count). The number of nitrogen functional groups attached to an aromatic ring is 1. The van der Waals surface area contributed by atoms with Crippen molar-refractivity contribution in [2.75, 3.05) is 25.4 Å². The average Bonchev–Trinajstić information content (AvgIpc) is 2.42. The molecule has 4 heteroatoms. The highest BCUT2D eigenvalue weighted by Crippen LogP contribution is 2.21. The van der Waals surface area contributed by atoms with Crippen molar-refractivity contribution in [1.82, 2.24) is 9.47 Å². The molecule has 2 N–H and O–H groups in total. The van der Waals surface area contributed by atoms with Gasteiger partial charge in [-0.15, -0.1) is 0 Å². The van der Waals surface area contributed by atoms with Crippen molar-refractivity contribution in [2.45, 2.75) is 39.2 Å². The van der Waals surface area contributed by atoms with Crippen LogP contribution in [0.2, 0.25) is 0 Å². The summed E-state index contributed by atoms with van der Waals surface area (Å²) < 4.78 is 1.72. The summed E-state index contributed by atoms with van der Waals surface area (Å²) in [6.45, 7) is 6.28. The molecule has 1 aromatic rings. The highest BCUT2D eigenvalue weighted by atomic mass is 16.1. The Morgan fingerprint density at radius 3 is 2.68 bits per heavy atom. The number of hydrogen-bond acceptors (Lipinski definition) is 3. The summed E-state index contributed by atoms with van der Waals surface area (Å²) in [6, 6.07) is 3.21. The van der Waals surface area contributed by atoms with Crippen LogP contribution in [0.1, 0.15) is 32.6 Å².